The van der Waals surface area contributed by atoms with Gasteiger partial charge in [0.2, 0.25) is 0 Å². The first-order valence-corrected chi connectivity index (χ1v) is 6.69. The normalized spacial score (nSPS) is 15.7. The Bertz CT molecular complexity index is 528. The number of rotatable bonds is 4. The molecule has 106 valence electrons. The first kappa shape index (κ1) is 14.2. The van der Waals surface area contributed by atoms with Crippen LogP contribution in [0.5, 0.6) is 5.75 Å². The summed E-state index contributed by atoms with van der Waals surface area (Å²) < 4.78 is 5.21. The lowest BCUT2D eigenvalue weighted by Crippen LogP contribution is -2.34. The van der Waals surface area contributed by atoms with Crippen LogP contribution in [0.25, 0.3) is 0 Å². The van der Waals surface area contributed by atoms with E-state index >= 15 is 0 Å². The van der Waals surface area contributed by atoms with E-state index in [4.69, 9.17) is 9.84 Å². The maximum absolute atomic E-state index is 10.7. The van der Waals surface area contributed by atoms with Crippen molar-refractivity contribution >= 4 is 11.7 Å². The second-order valence-electron chi connectivity index (χ2n) is 5.02. The molecular formula is C15H18N2O3. The molecule has 1 aliphatic rings. The summed E-state index contributed by atoms with van der Waals surface area (Å²) in [6, 6.07) is 7.61. The summed E-state index contributed by atoms with van der Waals surface area (Å²) in [5, 5.41) is 18.0. The van der Waals surface area contributed by atoms with Gasteiger partial charge in [-0.1, -0.05) is 0 Å². The maximum Gasteiger partial charge on any atom is 0.303 e. The molecule has 0 spiro atoms. The number of nitrogens with zero attached hydrogens (tertiary/aromatic N) is 2. The SMILES string of the molecule is COc1ccc(C#N)c(N2CCC(CC(=O)O)CC2)c1. The fraction of sp³-hybridized carbons (Fsp3) is 0.467. The Balaban J connectivity index is 2.10. The lowest BCUT2D eigenvalue weighted by molar-refractivity contribution is -0.138. The topological polar surface area (TPSA) is 73.6 Å². The minimum Gasteiger partial charge on any atom is -0.497 e. The zero-order valence-corrected chi connectivity index (χ0v) is 11.5. The first-order chi connectivity index (χ1) is 9.63. The van der Waals surface area contributed by atoms with Crippen molar-refractivity contribution in [1.29, 1.82) is 5.26 Å². The Labute approximate surface area is 118 Å². The van der Waals surface area contributed by atoms with Gasteiger partial charge in [-0.2, -0.15) is 5.26 Å². The van der Waals surface area contributed by atoms with Gasteiger partial charge in [0.15, 0.2) is 0 Å². The van der Waals surface area contributed by atoms with Crippen molar-refractivity contribution in [1.82, 2.24) is 0 Å². The van der Waals surface area contributed by atoms with Crippen molar-refractivity contribution < 1.29 is 14.6 Å². The molecule has 1 saturated heterocycles. The van der Waals surface area contributed by atoms with Crippen molar-refractivity contribution in [2.75, 3.05) is 25.1 Å². The molecule has 0 bridgehead atoms. The van der Waals surface area contributed by atoms with E-state index < -0.39 is 5.97 Å². The molecule has 0 saturated carbocycles. The van der Waals surface area contributed by atoms with Crippen molar-refractivity contribution in [3.05, 3.63) is 23.8 Å². The molecule has 5 nitrogen and oxygen atoms in total. The van der Waals surface area contributed by atoms with Crippen LogP contribution in [0.4, 0.5) is 5.69 Å². The summed E-state index contributed by atoms with van der Waals surface area (Å²) in [5.41, 5.74) is 1.50. The van der Waals surface area contributed by atoms with Gasteiger partial charge in [-0.3, -0.25) is 4.79 Å². The molecule has 2 rings (SSSR count). The van der Waals surface area contributed by atoms with E-state index in [1.807, 2.05) is 6.07 Å². The van der Waals surface area contributed by atoms with E-state index in [2.05, 4.69) is 11.0 Å². The Kier molecular flexibility index (Phi) is 4.46. The molecule has 1 fully saturated rings. The monoisotopic (exact) mass is 274 g/mol. The lowest BCUT2D eigenvalue weighted by atomic mass is 9.93. The molecule has 1 N–H and O–H groups in total. The van der Waals surface area contributed by atoms with Crippen LogP contribution in [0.2, 0.25) is 0 Å². The number of aliphatic carboxylic acids is 1. The Morgan fingerprint density at radius 3 is 2.75 bits per heavy atom. The van der Waals surface area contributed by atoms with E-state index in [1.54, 1.807) is 19.2 Å². The van der Waals surface area contributed by atoms with Crippen LogP contribution in [-0.2, 0) is 4.79 Å². The highest BCUT2D eigenvalue weighted by Crippen LogP contribution is 2.30. The molecule has 0 aromatic heterocycles. The highest BCUT2D eigenvalue weighted by molar-refractivity contribution is 5.67. The quantitative estimate of drug-likeness (QED) is 0.911. The van der Waals surface area contributed by atoms with E-state index in [1.165, 1.54) is 0 Å². The number of hydrogen-bond acceptors (Lipinski definition) is 4. The number of benzene rings is 1. The Morgan fingerprint density at radius 1 is 1.50 bits per heavy atom. The van der Waals surface area contributed by atoms with E-state index in [0.29, 0.717) is 5.56 Å². The minimum atomic E-state index is -0.734. The highest BCUT2D eigenvalue weighted by atomic mass is 16.5. The van der Waals surface area contributed by atoms with Crippen LogP contribution in [-0.4, -0.2) is 31.3 Å². The molecule has 0 radical (unpaired) electrons. The summed E-state index contributed by atoms with van der Waals surface area (Å²) in [6.45, 7) is 1.56. The van der Waals surface area contributed by atoms with Crippen LogP contribution < -0.4 is 9.64 Å². The van der Waals surface area contributed by atoms with Gasteiger partial charge in [0.1, 0.15) is 11.8 Å². The molecule has 0 amide bonds. The standard InChI is InChI=1S/C15H18N2O3/c1-20-13-3-2-12(10-16)14(9-13)17-6-4-11(5-7-17)8-15(18)19/h2-3,9,11H,4-8H2,1H3,(H,18,19). The zero-order chi connectivity index (χ0) is 14.5. The molecule has 1 aliphatic heterocycles. The second-order valence-corrected chi connectivity index (χ2v) is 5.02. The van der Waals surface area contributed by atoms with Gasteiger partial charge >= 0.3 is 5.97 Å². The number of methoxy groups -OCH3 is 1. The molecule has 0 aliphatic carbocycles. The minimum absolute atomic E-state index is 0.233. The average Bonchev–Trinajstić information content (AvgIpc) is 2.46. The number of carboxylic acid groups (broad SMARTS) is 1. The van der Waals surface area contributed by atoms with Gasteiger partial charge in [-0.25, -0.2) is 0 Å². The molecular weight excluding hydrogens is 256 g/mol. The zero-order valence-electron chi connectivity index (χ0n) is 11.5. The third-order valence-corrected chi connectivity index (χ3v) is 3.74. The molecule has 20 heavy (non-hydrogen) atoms. The first-order valence-electron chi connectivity index (χ1n) is 6.69. The van der Waals surface area contributed by atoms with Crippen LogP contribution in [0.15, 0.2) is 18.2 Å². The summed E-state index contributed by atoms with van der Waals surface area (Å²) in [6.07, 6.45) is 1.92. The van der Waals surface area contributed by atoms with Gasteiger partial charge in [0, 0.05) is 25.6 Å². The molecule has 1 aromatic rings. The van der Waals surface area contributed by atoms with E-state index in [-0.39, 0.29) is 12.3 Å². The summed E-state index contributed by atoms with van der Waals surface area (Å²) >= 11 is 0. The number of ether oxygens (including phenoxy) is 1. The number of carbonyl (C=O) groups is 1. The van der Waals surface area contributed by atoms with Gasteiger partial charge in [-0.15, -0.1) is 0 Å². The largest absolute Gasteiger partial charge is 0.497 e. The number of anilines is 1. The number of hydrogen-bond donors (Lipinski definition) is 1. The summed E-state index contributed by atoms with van der Waals surface area (Å²) in [4.78, 5) is 12.9. The number of nitriles is 1. The van der Waals surface area contributed by atoms with Crippen LogP contribution >= 0.6 is 0 Å². The van der Waals surface area contributed by atoms with Crippen molar-refractivity contribution in [2.24, 2.45) is 5.92 Å². The van der Waals surface area contributed by atoms with E-state index in [0.717, 1.165) is 37.4 Å². The Morgan fingerprint density at radius 2 is 2.20 bits per heavy atom. The van der Waals surface area contributed by atoms with Crippen LogP contribution in [0, 0.1) is 17.2 Å². The summed E-state index contributed by atoms with van der Waals surface area (Å²) in [7, 11) is 1.60. The maximum atomic E-state index is 10.7. The van der Waals surface area contributed by atoms with Crippen molar-refractivity contribution in [3.63, 3.8) is 0 Å². The predicted molar refractivity (Wildman–Crippen MR) is 74.9 cm³/mol. The lowest BCUT2D eigenvalue weighted by Gasteiger charge is -2.33. The van der Waals surface area contributed by atoms with Gasteiger partial charge < -0.3 is 14.7 Å². The van der Waals surface area contributed by atoms with Crippen LogP contribution in [0.3, 0.4) is 0 Å². The fourth-order valence-electron chi connectivity index (χ4n) is 2.62. The third-order valence-electron chi connectivity index (χ3n) is 3.74. The predicted octanol–water partition coefficient (Wildman–Crippen LogP) is 2.26. The van der Waals surface area contributed by atoms with Crippen LogP contribution in [0.1, 0.15) is 24.8 Å². The molecule has 0 unspecified atom stereocenters. The van der Waals surface area contributed by atoms with E-state index in [9.17, 15) is 10.1 Å². The average molecular weight is 274 g/mol. The smallest absolute Gasteiger partial charge is 0.303 e. The summed E-state index contributed by atoms with van der Waals surface area (Å²) in [5.74, 6) is 0.231. The van der Waals surface area contributed by atoms with Crippen molar-refractivity contribution in [2.45, 2.75) is 19.3 Å². The second kappa shape index (κ2) is 6.29. The molecule has 0 atom stereocenters. The molecule has 1 aromatic carbocycles. The fourth-order valence-corrected chi connectivity index (χ4v) is 2.62. The molecule has 5 heteroatoms. The van der Waals surface area contributed by atoms with Gasteiger partial charge in [0.05, 0.1) is 18.4 Å². The van der Waals surface area contributed by atoms with Crippen molar-refractivity contribution in [3.8, 4) is 11.8 Å². The van der Waals surface area contributed by atoms with Gasteiger partial charge in [-0.05, 0) is 30.9 Å². The Hall–Kier alpha value is -2.22. The number of carboxylic acids is 1. The number of piperidine rings is 1. The highest BCUT2D eigenvalue weighted by Gasteiger charge is 2.23. The third kappa shape index (κ3) is 3.21. The van der Waals surface area contributed by atoms with Gasteiger partial charge in [0.25, 0.3) is 0 Å². The molecule has 1 heterocycles.